The molecule has 3 rings (SSSR count). The molecular weight excluding hydrogens is 281 g/mol. The van der Waals surface area contributed by atoms with Gasteiger partial charge in [0.25, 0.3) is 0 Å². The lowest BCUT2D eigenvalue weighted by atomic mass is 9.74. The van der Waals surface area contributed by atoms with Gasteiger partial charge in [-0.25, -0.2) is 0 Å². The van der Waals surface area contributed by atoms with E-state index in [-0.39, 0.29) is 17.8 Å². The number of alkyl halides is 3. The summed E-state index contributed by atoms with van der Waals surface area (Å²) >= 11 is 0. The van der Waals surface area contributed by atoms with Crippen molar-refractivity contribution >= 4 is 0 Å². The number of pyridine rings is 1. The lowest BCUT2D eigenvalue weighted by Crippen LogP contribution is -2.55. The first-order valence-corrected chi connectivity index (χ1v) is 7.28. The van der Waals surface area contributed by atoms with Gasteiger partial charge in [-0.2, -0.15) is 13.2 Å². The van der Waals surface area contributed by atoms with Gasteiger partial charge in [0.05, 0.1) is 11.3 Å². The van der Waals surface area contributed by atoms with Gasteiger partial charge >= 0.3 is 6.18 Å². The van der Waals surface area contributed by atoms with Crippen LogP contribution in [0.2, 0.25) is 0 Å². The average molecular weight is 300 g/mol. The Balaban J connectivity index is 1.93. The summed E-state index contributed by atoms with van der Waals surface area (Å²) in [6.45, 7) is 0. The predicted octanol–water partition coefficient (Wildman–Crippen LogP) is 2.93. The third-order valence-corrected chi connectivity index (χ3v) is 4.94. The number of fused-ring (bicyclic) bond motifs is 2. The second-order valence-electron chi connectivity index (χ2n) is 6.27. The van der Waals surface area contributed by atoms with Crippen LogP contribution in [0.3, 0.4) is 0 Å². The zero-order chi connectivity index (χ0) is 15.3. The minimum Gasteiger partial charge on any atom is -0.383 e. The second-order valence-corrected chi connectivity index (χ2v) is 6.27. The van der Waals surface area contributed by atoms with Gasteiger partial charge in [0.15, 0.2) is 0 Å². The molecule has 6 heteroatoms. The van der Waals surface area contributed by atoms with Crippen LogP contribution in [0.25, 0.3) is 0 Å². The fraction of sp³-hybridized carbons (Fsp3) is 0.667. The Kier molecular flexibility index (Phi) is 3.48. The predicted molar refractivity (Wildman–Crippen MR) is 71.6 cm³/mol. The molecule has 2 saturated heterocycles. The summed E-state index contributed by atoms with van der Waals surface area (Å²) in [4.78, 5) is 6.29. The summed E-state index contributed by atoms with van der Waals surface area (Å²) in [7, 11) is 2.04. The van der Waals surface area contributed by atoms with Gasteiger partial charge in [0.1, 0.15) is 5.60 Å². The highest BCUT2D eigenvalue weighted by Gasteiger charge is 2.46. The first kappa shape index (κ1) is 14.8. The number of aliphatic hydroxyl groups is 1. The summed E-state index contributed by atoms with van der Waals surface area (Å²) in [5.74, 6) is 0. The van der Waals surface area contributed by atoms with Gasteiger partial charge in [-0.3, -0.25) is 4.98 Å². The van der Waals surface area contributed by atoms with Gasteiger partial charge in [0, 0.05) is 18.3 Å². The topological polar surface area (TPSA) is 36.4 Å². The van der Waals surface area contributed by atoms with Crippen molar-refractivity contribution in [2.45, 2.75) is 56.0 Å². The summed E-state index contributed by atoms with van der Waals surface area (Å²) in [5, 5.41) is 10.9. The molecule has 0 amide bonds. The highest BCUT2D eigenvalue weighted by molar-refractivity contribution is 5.25. The lowest BCUT2D eigenvalue weighted by Gasteiger charge is -2.50. The number of hydrogen-bond acceptors (Lipinski definition) is 3. The fourth-order valence-electron chi connectivity index (χ4n) is 3.72. The Bertz CT molecular complexity index is 518. The molecule has 1 aromatic rings. The maximum absolute atomic E-state index is 12.8. The van der Waals surface area contributed by atoms with Crippen molar-refractivity contribution in [3.63, 3.8) is 0 Å². The fourth-order valence-corrected chi connectivity index (χ4v) is 3.72. The minimum atomic E-state index is -4.41. The standard InChI is InChI=1S/C15H19F3N2O/c1-20-11-3-2-4-12(20)9-14(21,8-11)13-7-10(5-6-19-13)15(16,17)18/h5-7,11-12,21H,2-4,8-9H2,1H3. The van der Waals surface area contributed by atoms with Crippen LogP contribution in [0.1, 0.15) is 43.4 Å². The Morgan fingerprint density at radius 2 is 1.90 bits per heavy atom. The molecule has 2 fully saturated rings. The number of hydrogen-bond donors (Lipinski definition) is 1. The molecule has 116 valence electrons. The summed E-state index contributed by atoms with van der Waals surface area (Å²) in [6, 6.07) is 2.39. The molecule has 2 atom stereocenters. The van der Waals surface area contributed by atoms with Crippen LogP contribution in [0.4, 0.5) is 13.2 Å². The molecular formula is C15H19F3N2O. The van der Waals surface area contributed by atoms with Crippen molar-refractivity contribution < 1.29 is 18.3 Å². The summed E-state index contributed by atoms with van der Waals surface area (Å²) < 4.78 is 38.5. The molecule has 0 saturated carbocycles. The first-order valence-electron chi connectivity index (χ1n) is 7.28. The van der Waals surface area contributed by atoms with Gasteiger partial charge in [-0.15, -0.1) is 0 Å². The Morgan fingerprint density at radius 3 is 2.48 bits per heavy atom. The van der Waals surface area contributed by atoms with Gasteiger partial charge < -0.3 is 10.0 Å². The molecule has 3 heterocycles. The Labute approximate surface area is 121 Å². The van der Waals surface area contributed by atoms with E-state index in [1.54, 1.807) is 0 Å². The Morgan fingerprint density at radius 1 is 1.29 bits per heavy atom. The van der Waals surface area contributed by atoms with E-state index in [1.165, 1.54) is 0 Å². The van der Waals surface area contributed by atoms with E-state index in [4.69, 9.17) is 0 Å². The zero-order valence-electron chi connectivity index (χ0n) is 11.9. The van der Waals surface area contributed by atoms with E-state index in [2.05, 4.69) is 9.88 Å². The molecule has 1 aromatic heterocycles. The van der Waals surface area contributed by atoms with Crippen molar-refractivity contribution in [3.8, 4) is 0 Å². The van der Waals surface area contributed by atoms with E-state index < -0.39 is 17.3 Å². The molecule has 2 unspecified atom stereocenters. The van der Waals surface area contributed by atoms with E-state index in [9.17, 15) is 18.3 Å². The second kappa shape index (κ2) is 4.95. The van der Waals surface area contributed by atoms with Crippen LogP contribution in [0.5, 0.6) is 0 Å². The molecule has 0 aliphatic carbocycles. The third-order valence-electron chi connectivity index (χ3n) is 4.94. The minimum absolute atomic E-state index is 0.155. The smallest absolute Gasteiger partial charge is 0.383 e. The number of rotatable bonds is 1. The molecule has 2 bridgehead atoms. The maximum atomic E-state index is 12.8. The van der Waals surface area contributed by atoms with E-state index in [0.717, 1.165) is 37.6 Å². The monoisotopic (exact) mass is 300 g/mol. The highest BCUT2D eigenvalue weighted by Crippen LogP contribution is 2.43. The summed E-state index contributed by atoms with van der Waals surface area (Å²) in [5.41, 5.74) is -1.84. The number of piperidine rings is 2. The SMILES string of the molecule is CN1C2CCCC1CC(O)(c1cc(C(F)(F)F)ccn1)C2. The Hall–Kier alpha value is -1.14. The van der Waals surface area contributed by atoms with Gasteiger partial charge in [-0.1, -0.05) is 6.42 Å². The van der Waals surface area contributed by atoms with E-state index in [0.29, 0.717) is 12.8 Å². The molecule has 0 spiro atoms. The van der Waals surface area contributed by atoms with Crippen LogP contribution in [0, 0.1) is 0 Å². The van der Waals surface area contributed by atoms with Crippen molar-refractivity contribution in [1.82, 2.24) is 9.88 Å². The largest absolute Gasteiger partial charge is 0.416 e. The molecule has 2 aliphatic rings. The first-order chi connectivity index (χ1) is 9.79. The normalized spacial score (nSPS) is 34.0. The van der Waals surface area contributed by atoms with Gasteiger partial charge in [-0.05, 0) is 44.9 Å². The van der Waals surface area contributed by atoms with Crippen LogP contribution < -0.4 is 0 Å². The molecule has 21 heavy (non-hydrogen) atoms. The number of halogens is 3. The van der Waals surface area contributed by atoms with Crippen LogP contribution in [0.15, 0.2) is 18.3 Å². The van der Waals surface area contributed by atoms with Crippen LogP contribution in [-0.2, 0) is 11.8 Å². The molecule has 3 nitrogen and oxygen atoms in total. The van der Waals surface area contributed by atoms with E-state index in [1.807, 2.05) is 7.05 Å². The number of nitrogens with zero attached hydrogens (tertiary/aromatic N) is 2. The van der Waals surface area contributed by atoms with Crippen molar-refractivity contribution in [2.24, 2.45) is 0 Å². The highest BCUT2D eigenvalue weighted by atomic mass is 19.4. The summed E-state index contributed by atoms with van der Waals surface area (Å²) in [6.07, 6.45) is 0.719. The van der Waals surface area contributed by atoms with E-state index >= 15 is 0 Å². The molecule has 1 N–H and O–H groups in total. The van der Waals surface area contributed by atoms with Crippen LogP contribution in [-0.4, -0.2) is 34.1 Å². The lowest BCUT2D eigenvalue weighted by molar-refractivity contribution is -0.138. The maximum Gasteiger partial charge on any atom is 0.416 e. The number of aromatic nitrogens is 1. The molecule has 2 aliphatic heterocycles. The van der Waals surface area contributed by atoms with Crippen molar-refractivity contribution in [2.75, 3.05) is 7.05 Å². The zero-order valence-corrected chi connectivity index (χ0v) is 11.9. The van der Waals surface area contributed by atoms with Crippen LogP contribution >= 0.6 is 0 Å². The molecule has 0 radical (unpaired) electrons. The van der Waals surface area contributed by atoms with Gasteiger partial charge in [0.2, 0.25) is 0 Å². The average Bonchev–Trinajstić information content (AvgIpc) is 2.40. The van der Waals surface area contributed by atoms with Crippen molar-refractivity contribution in [3.05, 3.63) is 29.6 Å². The van der Waals surface area contributed by atoms with Crippen molar-refractivity contribution in [1.29, 1.82) is 0 Å². The molecule has 0 aromatic carbocycles. The third kappa shape index (κ3) is 2.66. The quantitative estimate of drug-likeness (QED) is 0.866.